The van der Waals surface area contributed by atoms with Crippen LogP contribution < -0.4 is 10.1 Å². The van der Waals surface area contributed by atoms with Gasteiger partial charge in [0.2, 0.25) is 0 Å². The fourth-order valence-electron chi connectivity index (χ4n) is 1.49. The Morgan fingerprint density at radius 3 is 2.83 bits per heavy atom. The van der Waals surface area contributed by atoms with Crippen LogP contribution in [-0.2, 0) is 4.79 Å². The van der Waals surface area contributed by atoms with Gasteiger partial charge in [0.25, 0.3) is 11.1 Å². The number of ether oxygens (including phenoxy) is 1. The average Bonchev–Trinajstić information content (AvgIpc) is 2.63. The molecule has 1 aromatic carbocycles. The second-order valence-electron chi connectivity index (χ2n) is 3.48. The summed E-state index contributed by atoms with van der Waals surface area (Å²) in [6.07, 6.45) is 1.46. The van der Waals surface area contributed by atoms with Crippen LogP contribution in [0.4, 0.5) is 4.79 Å². The van der Waals surface area contributed by atoms with Gasteiger partial charge in [-0.05, 0) is 30.8 Å². The third-order valence-electron chi connectivity index (χ3n) is 2.26. The number of benzene rings is 1. The Morgan fingerprint density at radius 2 is 2.22 bits per heavy atom. The van der Waals surface area contributed by atoms with Crippen molar-refractivity contribution < 1.29 is 19.4 Å². The molecule has 1 aliphatic heterocycles. The van der Waals surface area contributed by atoms with Gasteiger partial charge >= 0.3 is 0 Å². The highest BCUT2D eigenvalue weighted by atomic mass is 32.2. The molecule has 0 unspecified atom stereocenters. The third-order valence-corrected chi connectivity index (χ3v) is 3.07. The van der Waals surface area contributed by atoms with Gasteiger partial charge in [-0.2, -0.15) is 0 Å². The molecular weight excluding hydrogens is 254 g/mol. The van der Waals surface area contributed by atoms with Crippen molar-refractivity contribution in [3.05, 3.63) is 28.7 Å². The molecule has 2 N–H and O–H groups in total. The number of phenols is 1. The zero-order valence-electron chi connectivity index (χ0n) is 9.60. The molecule has 94 valence electrons. The first-order chi connectivity index (χ1) is 8.61. The number of phenolic OH excluding ortho intramolecular Hbond substituents is 1. The molecule has 0 saturated carbocycles. The topological polar surface area (TPSA) is 75.6 Å². The first-order valence-electron chi connectivity index (χ1n) is 5.31. The number of aromatic hydroxyl groups is 1. The van der Waals surface area contributed by atoms with Gasteiger partial charge in [0.15, 0.2) is 11.5 Å². The molecular formula is C12H11NO4S. The summed E-state index contributed by atoms with van der Waals surface area (Å²) in [7, 11) is 0. The van der Waals surface area contributed by atoms with Gasteiger partial charge in [-0.1, -0.05) is 12.1 Å². The molecule has 0 bridgehead atoms. The van der Waals surface area contributed by atoms with Crippen molar-refractivity contribution in [2.24, 2.45) is 0 Å². The molecule has 0 spiro atoms. The molecule has 1 fully saturated rings. The van der Waals surface area contributed by atoms with E-state index in [9.17, 15) is 14.7 Å². The number of nitrogens with one attached hydrogen (secondary N) is 1. The van der Waals surface area contributed by atoms with Crippen LogP contribution in [0, 0.1) is 0 Å². The molecule has 1 aliphatic rings. The largest absolute Gasteiger partial charge is 0.504 e. The van der Waals surface area contributed by atoms with E-state index in [0.717, 1.165) is 11.8 Å². The van der Waals surface area contributed by atoms with E-state index in [1.165, 1.54) is 6.08 Å². The van der Waals surface area contributed by atoms with E-state index in [-0.39, 0.29) is 10.7 Å². The first kappa shape index (κ1) is 12.5. The lowest BCUT2D eigenvalue weighted by atomic mass is 10.1. The summed E-state index contributed by atoms with van der Waals surface area (Å²) in [4.78, 5) is 22.6. The maximum atomic E-state index is 11.4. The fraction of sp³-hybridized carbons (Fsp3) is 0.167. The number of carbonyl (C=O) groups is 2. The van der Waals surface area contributed by atoms with E-state index in [4.69, 9.17) is 4.74 Å². The van der Waals surface area contributed by atoms with E-state index in [1.807, 2.05) is 6.92 Å². The van der Waals surface area contributed by atoms with Crippen LogP contribution in [0.1, 0.15) is 12.5 Å². The summed E-state index contributed by atoms with van der Waals surface area (Å²) in [5.41, 5.74) is 0.438. The SMILES string of the molecule is CCOc1cccc(/C=C2\SC(=O)NC2=O)c1O. The minimum atomic E-state index is -0.453. The van der Waals surface area contributed by atoms with Crippen LogP contribution in [0.15, 0.2) is 23.1 Å². The fourth-order valence-corrected chi connectivity index (χ4v) is 2.16. The lowest BCUT2D eigenvalue weighted by Crippen LogP contribution is -2.17. The lowest BCUT2D eigenvalue weighted by Gasteiger charge is -2.07. The number of thioether (sulfide) groups is 1. The molecule has 6 heteroatoms. The highest BCUT2D eigenvalue weighted by molar-refractivity contribution is 8.18. The van der Waals surface area contributed by atoms with E-state index in [1.54, 1.807) is 18.2 Å². The van der Waals surface area contributed by atoms with Gasteiger partial charge in [-0.15, -0.1) is 0 Å². The highest BCUT2D eigenvalue weighted by Crippen LogP contribution is 2.34. The van der Waals surface area contributed by atoms with Crippen LogP contribution in [0.3, 0.4) is 0 Å². The summed E-state index contributed by atoms with van der Waals surface area (Å²) < 4.78 is 5.24. The minimum absolute atomic E-state index is 0.0420. The molecule has 0 aromatic heterocycles. The third kappa shape index (κ3) is 2.48. The number of hydrogen-bond donors (Lipinski definition) is 2. The minimum Gasteiger partial charge on any atom is -0.504 e. The van der Waals surface area contributed by atoms with E-state index >= 15 is 0 Å². The van der Waals surface area contributed by atoms with Gasteiger partial charge in [-0.3, -0.25) is 14.9 Å². The number of para-hydroxylation sites is 1. The predicted molar refractivity (Wildman–Crippen MR) is 68.4 cm³/mol. The van der Waals surface area contributed by atoms with Gasteiger partial charge in [-0.25, -0.2) is 0 Å². The molecule has 1 saturated heterocycles. The van der Waals surface area contributed by atoms with Gasteiger partial charge in [0.1, 0.15) is 0 Å². The maximum Gasteiger partial charge on any atom is 0.290 e. The van der Waals surface area contributed by atoms with Crippen LogP contribution in [-0.4, -0.2) is 22.9 Å². The number of hydrogen-bond acceptors (Lipinski definition) is 5. The summed E-state index contributed by atoms with van der Waals surface area (Å²) in [5.74, 6) is -0.146. The molecule has 18 heavy (non-hydrogen) atoms. The Kier molecular flexibility index (Phi) is 3.57. The maximum absolute atomic E-state index is 11.4. The summed E-state index contributed by atoms with van der Waals surface area (Å²) in [6, 6.07) is 4.98. The molecule has 2 amide bonds. The number of rotatable bonds is 3. The number of carbonyl (C=O) groups excluding carboxylic acids is 2. The van der Waals surface area contributed by atoms with E-state index in [2.05, 4.69) is 5.32 Å². The molecule has 2 rings (SSSR count). The standard InChI is InChI=1S/C12H11NO4S/c1-2-17-8-5-3-4-7(10(8)14)6-9-11(15)13-12(16)18-9/h3-6,14H,2H2,1H3,(H,13,15,16)/b9-6-. The van der Waals surface area contributed by atoms with Gasteiger partial charge < -0.3 is 9.84 Å². The molecule has 1 aromatic rings. The van der Waals surface area contributed by atoms with E-state index in [0.29, 0.717) is 17.9 Å². The average molecular weight is 265 g/mol. The molecule has 0 aliphatic carbocycles. The van der Waals surface area contributed by atoms with Crippen molar-refractivity contribution in [2.75, 3.05) is 6.61 Å². The van der Waals surface area contributed by atoms with Crippen molar-refractivity contribution >= 4 is 29.0 Å². The Morgan fingerprint density at radius 1 is 1.44 bits per heavy atom. The molecule has 0 atom stereocenters. The lowest BCUT2D eigenvalue weighted by molar-refractivity contribution is -0.115. The van der Waals surface area contributed by atoms with E-state index < -0.39 is 11.1 Å². The highest BCUT2D eigenvalue weighted by Gasteiger charge is 2.25. The number of imide groups is 1. The summed E-state index contributed by atoms with van der Waals surface area (Å²) in [6.45, 7) is 2.24. The molecule has 0 radical (unpaired) electrons. The van der Waals surface area contributed by atoms with Crippen LogP contribution in [0.25, 0.3) is 6.08 Å². The van der Waals surface area contributed by atoms with Crippen LogP contribution in [0.5, 0.6) is 11.5 Å². The van der Waals surface area contributed by atoms with Crippen molar-refractivity contribution in [3.63, 3.8) is 0 Å². The van der Waals surface area contributed by atoms with Crippen molar-refractivity contribution in [3.8, 4) is 11.5 Å². The Hall–Kier alpha value is -1.95. The second kappa shape index (κ2) is 5.14. The first-order valence-corrected chi connectivity index (χ1v) is 6.13. The monoisotopic (exact) mass is 265 g/mol. The Labute approximate surface area is 108 Å². The number of amides is 2. The van der Waals surface area contributed by atoms with Crippen LogP contribution in [0.2, 0.25) is 0 Å². The predicted octanol–water partition coefficient (Wildman–Crippen LogP) is 2.11. The molecule has 5 nitrogen and oxygen atoms in total. The second-order valence-corrected chi connectivity index (χ2v) is 4.49. The van der Waals surface area contributed by atoms with Gasteiger partial charge in [0.05, 0.1) is 11.5 Å². The van der Waals surface area contributed by atoms with Crippen molar-refractivity contribution in [1.29, 1.82) is 0 Å². The Balaban J connectivity index is 2.35. The van der Waals surface area contributed by atoms with Crippen LogP contribution >= 0.6 is 11.8 Å². The van der Waals surface area contributed by atoms with Gasteiger partial charge in [0, 0.05) is 5.56 Å². The quantitative estimate of drug-likeness (QED) is 0.819. The summed E-state index contributed by atoms with van der Waals surface area (Å²) in [5, 5.41) is 11.7. The van der Waals surface area contributed by atoms with Crippen molar-refractivity contribution in [1.82, 2.24) is 5.32 Å². The normalized spacial score (nSPS) is 17.1. The zero-order valence-corrected chi connectivity index (χ0v) is 10.4. The molecule has 1 heterocycles. The smallest absolute Gasteiger partial charge is 0.290 e. The zero-order chi connectivity index (χ0) is 13.1. The van der Waals surface area contributed by atoms with Crippen molar-refractivity contribution in [2.45, 2.75) is 6.92 Å². The summed E-state index contributed by atoms with van der Waals surface area (Å²) >= 11 is 0.806. The Bertz CT molecular complexity index is 539.